The van der Waals surface area contributed by atoms with Crippen molar-refractivity contribution in [3.8, 4) is 0 Å². The molecule has 0 atom stereocenters. The number of unbranched alkanes of at least 4 members (excludes halogenated alkanes) is 1. The van der Waals surface area contributed by atoms with E-state index in [0.29, 0.717) is 0 Å². The first-order valence-corrected chi connectivity index (χ1v) is 6.41. The number of hydrogen-bond acceptors (Lipinski definition) is 4. The number of hydrogen-bond donors (Lipinski definition) is 1. The van der Waals surface area contributed by atoms with E-state index in [1.807, 2.05) is 24.0 Å². The first kappa shape index (κ1) is 11.1. The summed E-state index contributed by atoms with van der Waals surface area (Å²) in [6.45, 7) is 3.97. The summed E-state index contributed by atoms with van der Waals surface area (Å²) in [5, 5.41) is 6.38. The summed E-state index contributed by atoms with van der Waals surface area (Å²) in [6.07, 6.45) is 8.05. The maximum atomic E-state index is 4.30. The number of aromatic nitrogens is 3. The molecule has 0 saturated heterocycles. The lowest BCUT2D eigenvalue weighted by Gasteiger charge is -2.07. The van der Waals surface area contributed by atoms with Gasteiger partial charge < -0.3 is 9.88 Å². The number of thiazole rings is 1. The van der Waals surface area contributed by atoms with Gasteiger partial charge in [0.25, 0.3) is 0 Å². The smallest absolute Gasteiger partial charge is 0.203 e. The van der Waals surface area contributed by atoms with Crippen molar-refractivity contribution in [1.82, 2.24) is 14.5 Å². The summed E-state index contributed by atoms with van der Waals surface area (Å²) >= 11 is 1.66. The van der Waals surface area contributed by atoms with Crippen molar-refractivity contribution in [3.63, 3.8) is 0 Å². The molecule has 0 unspecified atom stereocenters. The van der Waals surface area contributed by atoms with E-state index in [1.165, 1.54) is 12.8 Å². The molecule has 0 aliphatic heterocycles. The average molecular weight is 236 g/mol. The second kappa shape index (κ2) is 5.65. The molecule has 1 N–H and O–H groups in total. The minimum atomic E-state index is 0.751. The van der Waals surface area contributed by atoms with Crippen molar-refractivity contribution in [1.29, 1.82) is 0 Å². The first-order chi connectivity index (χ1) is 7.90. The van der Waals surface area contributed by atoms with Crippen molar-refractivity contribution in [3.05, 3.63) is 29.0 Å². The molecule has 0 bridgehead atoms. The third-order valence-electron chi connectivity index (χ3n) is 2.35. The Morgan fingerprint density at radius 1 is 1.38 bits per heavy atom. The molecular formula is C11H16N4S. The lowest BCUT2D eigenvalue weighted by molar-refractivity contribution is 0.635. The van der Waals surface area contributed by atoms with E-state index in [0.717, 1.165) is 24.0 Å². The van der Waals surface area contributed by atoms with Crippen molar-refractivity contribution in [2.45, 2.75) is 32.9 Å². The highest BCUT2D eigenvalue weighted by atomic mass is 32.1. The summed E-state index contributed by atoms with van der Waals surface area (Å²) < 4.78 is 2.15. The molecule has 0 aliphatic carbocycles. The Kier molecular flexibility index (Phi) is 3.93. The Morgan fingerprint density at radius 2 is 2.31 bits per heavy atom. The molecule has 2 heterocycles. The molecule has 5 heteroatoms. The van der Waals surface area contributed by atoms with Crippen LogP contribution >= 0.6 is 11.3 Å². The van der Waals surface area contributed by atoms with E-state index >= 15 is 0 Å². The van der Waals surface area contributed by atoms with Gasteiger partial charge in [-0.1, -0.05) is 13.3 Å². The normalized spacial score (nSPS) is 10.6. The molecule has 86 valence electrons. The molecule has 4 nitrogen and oxygen atoms in total. The fourth-order valence-corrected chi connectivity index (χ4v) is 2.04. The van der Waals surface area contributed by atoms with Gasteiger partial charge in [0.1, 0.15) is 5.01 Å². The standard InChI is InChI=1S/C11H16N4S/c1-2-3-6-15-7-4-13-11(15)14-9-10-12-5-8-16-10/h4-5,7-8H,2-3,6,9H2,1H3,(H,13,14). The summed E-state index contributed by atoms with van der Waals surface area (Å²) in [7, 11) is 0. The number of nitrogens with zero attached hydrogens (tertiary/aromatic N) is 3. The van der Waals surface area contributed by atoms with E-state index < -0.39 is 0 Å². The highest BCUT2D eigenvalue weighted by Gasteiger charge is 2.02. The van der Waals surface area contributed by atoms with E-state index in [2.05, 4.69) is 26.8 Å². The minimum absolute atomic E-state index is 0.751. The van der Waals surface area contributed by atoms with Gasteiger partial charge in [-0.3, -0.25) is 0 Å². The zero-order valence-electron chi connectivity index (χ0n) is 9.39. The Balaban J connectivity index is 1.91. The fourth-order valence-electron chi connectivity index (χ4n) is 1.48. The SMILES string of the molecule is CCCCn1ccnc1NCc1nccs1. The van der Waals surface area contributed by atoms with E-state index in [1.54, 1.807) is 11.3 Å². The van der Waals surface area contributed by atoms with Gasteiger partial charge in [0.05, 0.1) is 6.54 Å². The van der Waals surface area contributed by atoms with Gasteiger partial charge in [-0.15, -0.1) is 11.3 Å². The van der Waals surface area contributed by atoms with Crippen molar-refractivity contribution < 1.29 is 0 Å². The van der Waals surface area contributed by atoms with Crippen LogP contribution in [0.15, 0.2) is 24.0 Å². The maximum absolute atomic E-state index is 4.30. The van der Waals surface area contributed by atoms with Gasteiger partial charge in [0.15, 0.2) is 0 Å². The molecule has 0 aromatic carbocycles. The van der Waals surface area contributed by atoms with Crippen molar-refractivity contribution in [2.24, 2.45) is 0 Å². The second-order valence-electron chi connectivity index (χ2n) is 3.58. The summed E-state index contributed by atoms with van der Waals surface area (Å²) in [5.74, 6) is 0.934. The molecule has 16 heavy (non-hydrogen) atoms. The van der Waals surface area contributed by atoms with E-state index in [-0.39, 0.29) is 0 Å². The molecular weight excluding hydrogens is 220 g/mol. The molecule has 0 amide bonds. The highest BCUT2D eigenvalue weighted by molar-refractivity contribution is 7.09. The van der Waals surface area contributed by atoms with Crippen LogP contribution in [0.5, 0.6) is 0 Å². The van der Waals surface area contributed by atoms with Crippen LogP contribution in [0, 0.1) is 0 Å². The van der Waals surface area contributed by atoms with Gasteiger partial charge in [-0.25, -0.2) is 9.97 Å². The highest BCUT2D eigenvalue weighted by Crippen LogP contribution is 2.10. The molecule has 0 fully saturated rings. The second-order valence-corrected chi connectivity index (χ2v) is 4.56. The largest absolute Gasteiger partial charge is 0.349 e. The fraction of sp³-hybridized carbons (Fsp3) is 0.455. The first-order valence-electron chi connectivity index (χ1n) is 5.53. The van der Waals surface area contributed by atoms with Crippen LogP contribution < -0.4 is 5.32 Å². The van der Waals surface area contributed by atoms with Crippen LogP contribution in [0.25, 0.3) is 0 Å². The third-order valence-corrected chi connectivity index (χ3v) is 3.13. The van der Waals surface area contributed by atoms with Gasteiger partial charge in [-0.05, 0) is 6.42 Å². The molecule has 0 spiro atoms. The van der Waals surface area contributed by atoms with Crippen LogP contribution in [0.2, 0.25) is 0 Å². The zero-order valence-corrected chi connectivity index (χ0v) is 10.2. The van der Waals surface area contributed by atoms with Crippen LogP contribution in [-0.2, 0) is 13.1 Å². The van der Waals surface area contributed by atoms with Gasteiger partial charge in [0, 0.05) is 30.5 Å². The van der Waals surface area contributed by atoms with Crippen LogP contribution in [0.4, 0.5) is 5.95 Å². The van der Waals surface area contributed by atoms with Gasteiger partial charge in [-0.2, -0.15) is 0 Å². The summed E-state index contributed by atoms with van der Waals surface area (Å²) in [6, 6.07) is 0. The molecule has 0 aliphatic rings. The van der Waals surface area contributed by atoms with Crippen LogP contribution in [0.3, 0.4) is 0 Å². The third kappa shape index (κ3) is 2.82. The van der Waals surface area contributed by atoms with E-state index in [4.69, 9.17) is 0 Å². The lowest BCUT2D eigenvalue weighted by atomic mass is 10.3. The molecule has 0 radical (unpaired) electrons. The Morgan fingerprint density at radius 3 is 3.06 bits per heavy atom. The predicted molar refractivity (Wildman–Crippen MR) is 66.6 cm³/mol. The molecule has 2 rings (SSSR count). The minimum Gasteiger partial charge on any atom is -0.349 e. The number of aryl methyl sites for hydroxylation is 1. The Bertz CT molecular complexity index is 407. The quantitative estimate of drug-likeness (QED) is 0.838. The van der Waals surface area contributed by atoms with Crippen molar-refractivity contribution >= 4 is 17.3 Å². The molecule has 0 saturated carbocycles. The van der Waals surface area contributed by atoms with Gasteiger partial charge in [0.2, 0.25) is 5.95 Å². The average Bonchev–Trinajstić information content (AvgIpc) is 2.94. The van der Waals surface area contributed by atoms with E-state index in [9.17, 15) is 0 Å². The van der Waals surface area contributed by atoms with Gasteiger partial charge >= 0.3 is 0 Å². The Labute approximate surface area is 99.4 Å². The van der Waals surface area contributed by atoms with Crippen molar-refractivity contribution in [2.75, 3.05) is 5.32 Å². The van der Waals surface area contributed by atoms with Crippen LogP contribution in [-0.4, -0.2) is 14.5 Å². The number of imidazole rings is 1. The lowest BCUT2D eigenvalue weighted by Crippen LogP contribution is -2.07. The predicted octanol–water partition coefficient (Wildman–Crippen LogP) is 2.75. The maximum Gasteiger partial charge on any atom is 0.203 e. The van der Waals surface area contributed by atoms with Crippen LogP contribution in [0.1, 0.15) is 24.8 Å². The molecule has 2 aromatic heterocycles. The zero-order chi connectivity index (χ0) is 11.2. The topological polar surface area (TPSA) is 42.7 Å². The summed E-state index contributed by atoms with van der Waals surface area (Å²) in [5.41, 5.74) is 0. The Hall–Kier alpha value is -1.36. The monoisotopic (exact) mass is 236 g/mol. The number of rotatable bonds is 6. The number of anilines is 1. The number of nitrogens with one attached hydrogen (secondary N) is 1. The summed E-state index contributed by atoms with van der Waals surface area (Å²) in [4.78, 5) is 8.52. The molecule has 2 aromatic rings.